The summed E-state index contributed by atoms with van der Waals surface area (Å²) in [5.74, 6) is 7.94. The van der Waals surface area contributed by atoms with Gasteiger partial charge in [0.25, 0.3) is 0 Å². The Bertz CT molecular complexity index is 403. The van der Waals surface area contributed by atoms with Crippen LogP contribution in [-0.4, -0.2) is 29.2 Å². The number of nitrogens with two attached hydrogens (primary N) is 1. The summed E-state index contributed by atoms with van der Waals surface area (Å²) in [6, 6.07) is 2.25. The molecule has 6 nitrogen and oxygen atoms in total. The van der Waals surface area contributed by atoms with Gasteiger partial charge in [-0.15, -0.1) is 0 Å². The van der Waals surface area contributed by atoms with E-state index in [1.54, 1.807) is 7.11 Å². The van der Waals surface area contributed by atoms with E-state index in [2.05, 4.69) is 34.6 Å². The van der Waals surface area contributed by atoms with Crippen molar-refractivity contribution in [1.82, 2.24) is 9.97 Å². The summed E-state index contributed by atoms with van der Waals surface area (Å²) in [7, 11) is 1.75. The first kappa shape index (κ1) is 13.0. The molecule has 0 radical (unpaired) electrons. The van der Waals surface area contributed by atoms with E-state index in [-0.39, 0.29) is 5.92 Å². The monoisotopic (exact) mass is 251 g/mol. The highest BCUT2D eigenvalue weighted by atomic mass is 16.5. The van der Waals surface area contributed by atoms with Crippen molar-refractivity contribution in [2.45, 2.75) is 44.8 Å². The van der Waals surface area contributed by atoms with E-state index in [0.29, 0.717) is 18.0 Å². The smallest absolute Gasteiger partial charge is 0.145 e. The molecule has 1 aliphatic rings. The number of methoxy groups -OCH3 is 1. The van der Waals surface area contributed by atoms with Crippen molar-refractivity contribution in [2.75, 3.05) is 17.9 Å². The zero-order valence-electron chi connectivity index (χ0n) is 11.1. The molecular formula is C12H21N5O. The lowest BCUT2D eigenvalue weighted by molar-refractivity contribution is 0.0328. The van der Waals surface area contributed by atoms with Crippen LogP contribution < -0.4 is 16.6 Å². The lowest BCUT2D eigenvalue weighted by Gasteiger charge is -2.35. The zero-order valence-corrected chi connectivity index (χ0v) is 11.1. The summed E-state index contributed by atoms with van der Waals surface area (Å²) in [5, 5.41) is 3.39. The van der Waals surface area contributed by atoms with Crippen LogP contribution in [0.3, 0.4) is 0 Å². The van der Waals surface area contributed by atoms with Crippen LogP contribution in [0.1, 0.15) is 38.4 Å². The molecule has 1 heterocycles. The predicted octanol–water partition coefficient (Wildman–Crippen LogP) is 1.47. The molecule has 0 aliphatic heterocycles. The van der Waals surface area contributed by atoms with Gasteiger partial charge in [0.15, 0.2) is 0 Å². The van der Waals surface area contributed by atoms with Crippen molar-refractivity contribution in [3.63, 3.8) is 0 Å². The fourth-order valence-electron chi connectivity index (χ4n) is 1.96. The molecule has 100 valence electrons. The number of ether oxygens (including phenoxy) is 1. The Morgan fingerprint density at radius 1 is 1.33 bits per heavy atom. The van der Waals surface area contributed by atoms with E-state index in [4.69, 9.17) is 10.6 Å². The van der Waals surface area contributed by atoms with E-state index in [1.807, 2.05) is 6.07 Å². The van der Waals surface area contributed by atoms with Crippen molar-refractivity contribution < 1.29 is 4.74 Å². The second-order valence-corrected chi connectivity index (χ2v) is 4.97. The van der Waals surface area contributed by atoms with Crippen LogP contribution in [0.25, 0.3) is 0 Å². The summed E-state index contributed by atoms with van der Waals surface area (Å²) >= 11 is 0. The van der Waals surface area contributed by atoms with Gasteiger partial charge in [0.05, 0.1) is 6.10 Å². The van der Waals surface area contributed by atoms with E-state index < -0.39 is 0 Å². The van der Waals surface area contributed by atoms with Crippen molar-refractivity contribution in [3.8, 4) is 0 Å². The van der Waals surface area contributed by atoms with E-state index in [1.165, 1.54) is 0 Å². The van der Waals surface area contributed by atoms with Crippen LogP contribution in [-0.2, 0) is 4.74 Å². The Balaban J connectivity index is 2.05. The molecule has 0 amide bonds. The van der Waals surface area contributed by atoms with Crippen LogP contribution in [0, 0.1) is 0 Å². The third-order valence-electron chi connectivity index (χ3n) is 3.19. The molecule has 0 unspecified atom stereocenters. The average Bonchev–Trinajstić information content (AvgIpc) is 2.32. The van der Waals surface area contributed by atoms with Crippen LogP contribution in [0.5, 0.6) is 0 Å². The van der Waals surface area contributed by atoms with Crippen molar-refractivity contribution in [1.29, 1.82) is 0 Å². The number of hydrogen-bond acceptors (Lipinski definition) is 6. The van der Waals surface area contributed by atoms with Gasteiger partial charge in [-0.3, -0.25) is 0 Å². The largest absolute Gasteiger partial charge is 0.381 e. The summed E-state index contributed by atoms with van der Waals surface area (Å²) in [6.07, 6.45) is 2.41. The molecule has 4 N–H and O–H groups in total. The molecule has 0 atom stereocenters. The highest BCUT2D eigenvalue weighted by molar-refractivity contribution is 5.48. The lowest BCUT2D eigenvalue weighted by Crippen LogP contribution is -2.40. The summed E-state index contributed by atoms with van der Waals surface area (Å²) in [6.45, 7) is 4.12. The Hall–Kier alpha value is -1.40. The van der Waals surface area contributed by atoms with E-state index in [0.717, 1.165) is 24.5 Å². The molecular weight excluding hydrogens is 230 g/mol. The Kier molecular flexibility index (Phi) is 3.98. The number of rotatable bonds is 5. The fourth-order valence-corrected chi connectivity index (χ4v) is 1.96. The maximum atomic E-state index is 5.42. The highest BCUT2D eigenvalue weighted by Gasteiger charge is 2.29. The Labute approximate surface area is 107 Å². The topological polar surface area (TPSA) is 85.1 Å². The van der Waals surface area contributed by atoms with Gasteiger partial charge in [-0.1, -0.05) is 13.8 Å². The van der Waals surface area contributed by atoms with Crippen LogP contribution in [0.4, 0.5) is 11.6 Å². The van der Waals surface area contributed by atoms with Crippen molar-refractivity contribution in [2.24, 2.45) is 5.84 Å². The molecule has 1 fully saturated rings. The highest BCUT2D eigenvalue weighted by Crippen LogP contribution is 2.26. The normalized spacial score (nSPS) is 22.7. The van der Waals surface area contributed by atoms with E-state index >= 15 is 0 Å². The number of hydrazine groups is 1. The molecule has 1 aliphatic carbocycles. The molecule has 0 aromatic carbocycles. The number of aromatic nitrogens is 2. The number of nitrogen functional groups attached to an aromatic ring is 1. The van der Waals surface area contributed by atoms with Crippen LogP contribution in [0.15, 0.2) is 6.07 Å². The predicted molar refractivity (Wildman–Crippen MR) is 71.4 cm³/mol. The van der Waals surface area contributed by atoms with Crippen molar-refractivity contribution >= 4 is 11.6 Å². The number of hydrogen-bond donors (Lipinski definition) is 3. The minimum absolute atomic E-state index is 0.270. The van der Waals surface area contributed by atoms with E-state index in [9.17, 15) is 0 Å². The molecule has 0 bridgehead atoms. The molecule has 0 spiro atoms. The fraction of sp³-hybridized carbons (Fsp3) is 0.667. The van der Waals surface area contributed by atoms with Gasteiger partial charge >= 0.3 is 0 Å². The number of anilines is 2. The van der Waals surface area contributed by atoms with Gasteiger partial charge in [-0.25, -0.2) is 15.8 Å². The number of nitrogens with zero attached hydrogens (tertiary/aromatic N) is 2. The minimum Gasteiger partial charge on any atom is -0.381 e. The lowest BCUT2D eigenvalue weighted by atomic mass is 9.89. The molecule has 1 aromatic rings. The molecule has 1 saturated carbocycles. The molecule has 0 saturated heterocycles. The molecule has 18 heavy (non-hydrogen) atoms. The summed E-state index contributed by atoms with van der Waals surface area (Å²) < 4.78 is 5.26. The zero-order chi connectivity index (χ0) is 13.1. The standard InChI is InChI=1S/C12H21N5O/c1-7(2)12-15-10(6-11(16-12)17-13)14-8-4-9(5-8)18-3/h6-9H,4-5,13H2,1-3H3,(H2,14,15,16,17). The molecule has 2 rings (SSSR count). The second-order valence-electron chi connectivity index (χ2n) is 4.97. The maximum absolute atomic E-state index is 5.42. The first-order valence-electron chi connectivity index (χ1n) is 6.27. The van der Waals surface area contributed by atoms with Crippen LogP contribution in [0.2, 0.25) is 0 Å². The number of nitrogens with one attached hydrogen (secondary N) is 2. The average molecular weight is 251 g/mol. The van der Waals surface area contributed by atoms with Gasteiger partial charge in [-0.05, 0) is 12.8 Å². The Morgan fingerprint density at radius 3 is 2.56 bits per heavy atom. The third-order valence-corrected chi connectivity index (χ3v) is 3.19. The minimum atomic E-state index is 0.270. The molecule has 6 heteroatoms. The third kappa shape index (κ3) is 2.88. The SMILES string of the molecule is COC1CC(Nc2cc(NN)nc(C(C)C)n2)C1. The van der Waals surface area contributed by atoms with Crippen LogP contribution >= 0.6 is 0 Å². The van der Waals surface area contributed by atoms with Gasteiger partial charge in [0.2, 0.25) is 0 Å². The van der Waals surface area contributed by atoms with Gasteiger partial charge in [-0.2, -0.15) is 0 Å². The quantitative estimate of drug-likeness (QED) is 0.543. The van der Waals surface area contributed by atoms with Gasteiger partial charge < -0.3 is 15.5 Å². The first-order valence-corrected chi connectivity index (χ1v) is 6.27. The maximum Gasteiger partial charge on any atom is 0.145 e. The summed E-state index contributed by atoms with van der Waals surface area (Å²) in [5.41, 5.74) is 2.58. The van der Waals surface area contributed by atoms with Gasteiger partial charge in [0, 0.05) is 25.1 Å². The second kappa shape index (κ2) is 5.49. The van der Waals surface area contributed by atoms with Gasteiger partial charge in [0.1, 0.15) is 17.5 Å². The molecule has 1 aromatic heterocycles. The van der Waals surface area contributed by atoms with Crippen molar-refractivity contribution in [3.05, 3.63) is 11.9 Å². The summed E-state index contributed by atoms with van der Waals surface area (Å²) in [4.78, 5) is 8.82. The Morgan fingerprint density at radius 2 is 2.00 bits per heavy atom. The first-order chi connectivity index (χ1) is 8.62.